The van der Waals surface area contributed by atoms with E-state index in [1.807, 2.05) is 31.2 Å². The number of hydrogen-bond acceptors (Lipinski definition) is 2. The molecule has 104 valence electrons. The number of nitrogens with one attached hydrogen (secondary N) is 2. The summed E-state index contributed by atoms with van der Waals surface area (Å²) in [6.45, 7) is 7.12. The molecule has 2 rings (SSSR count). The molecule has 1 aliphatic carbocycles. The normalized spacial score (nSPS) is 21.6. The molecule has 2 atom stereocenters. The summed E-state index contributed by atoms with van der Waals surface area (Å²) in [5.74, 6) is 0.605. The number of nitrogens with two attached hydrogens (primary N) is 1. The lowest BCUT2D eigenvalue weighted by molar-refractivity contribution is 0.251. The van der Waals surface area contributed by atoms with Crippen molar-refractivity contribution in [1.29, 1.82) is 0 Å². The first-order chi connectivity index (χ1) is 8.88. The van der Waals surface area contributed by atoms with E-state index in [2.05, 4.69) is 24.5 Å². The number of urea groups is 1. The molecule has 1 aromatic carbocycles. The van der Waals surface area contributed by atoms with Crippen LogP contribution in [0.15, 0.2) is 24.3 Å². The van der Waals surface area contributed by atoms with Crippen LogP contribution in [0, 0.1) is 11.3 Å². The van der Waals surface area contributed by atoms with Gasteiger partial charge in [0.15, 0.2) is 0 Å². The Kier molecular flexibility index (Phi) is 3.80. The predicted molar refractivity (Wildman–Crippen MR) is 78.0 cm³/mol. The van der Waals surface area contributed by atoms with Gasteiger partial charge in [-0.05, 0) is 42.4 Å². The fourth-order valence-electron chi connectivity index (χ4n) is 2.22. The third kappa shape index (κ3) is 3.70. The molecule has 0 radical (unpaired) electrons. The molecule has 1 saturated carbocycles. The van der Waals surface area contributed by atoms with Crippen molar-refractivity contribution in [2.75, 3.05) is 11.9 Å². The highest BCUT2D eigenvalue weighted by Gasteiger charge is 2.45. The zero-order chi connectivity index (χ0) is 14.0. The molecule has 0 aromatic heterocycles. The molecule has 0 saturated heterocycles. The van der Waals surface area contributed by atoms with Crippen LogP contribution in [0.1, 0.15) is 38.8 Å². The van der Waals surface area contributed by atoms with Crippen LogP contribution in [0.25, 0.3) is 0 Å². The van der Waals surface area contributed by atoms with Gasteiger partial charge in [-0.25, -0.2) is 4.79 Å². The van der Waals surface area contributed by atoms with Crippen molar-refractivity contribution in [1.82, 2.24) is 5.32 Å². The van der Waals surface area contributed by atoms with E-state index in [1.54, 1.807) is 0 Å². The van der Waals surface area contributed by atoms with Crippen LogP contribution >= 0.6 is 0 Å². The lowest BCUT2D eigenvalue weighted by Gasteiger charge is -2.11. The molecule has 0 spiro atoms. The molecule has 2 amide bonds. The molecule has 4 heteroatoms. The van der Waals surface area contributed by atoms with E-state index in [1.165, 1.54) is 6.42 Å². The highest BCUT2D eigenvalue weighted by Crippen LogP contribution is 2.50. The zero-order valence-electron chi connectivity index (χ0n) is 11.9. The third-order valence-electron chi connectivity index (χ3n) is 3.90. The molecule has 1 fully saturated rings. The molecule has 0 bridgehead atoms. The fourth-order valence-corrected chi connectivity index (χ4v) is 2.22. The number of carbonyl (C=O) groups excluding carboxylic acids is 1. The molecule has 4 N–H and O–H groups in total. The quantitative estimate of drug-likeness (QED) is 0.780. The van der Waals surface area contributed by atoms with Gasteiger partial charge in [-0.15, -0.1) is 0 Å². The maximum absolute atomic E-state index is 11.8. The van der Waals surface area contributed by atoms with Crippen LogP contribution in [0.5, 0.6) is 0 Å². The molecule has 4 nitrogen and oxygen atoms in total. The van der Waals surface area contributed by atoms with Crippen molar-refractivity contribution in [2.24, 2.45) is 17.1 Å². The molecule has 1 aliphatic rings. The van der Waals surface area contributed by atoms with Gasteiger partial charge in [0, 0.05) is 18.3 Å². The Morgan fingerprint density at radius 2 is 2.21 bits per heavy atom. The topological polar surface area (TPSA) is 67.1 Å². The maximum Gasteiger partial charge on any atom is 0.319 e. The molecule has 1 aromatic rings. The smallest absolute Gasteiger partial charge is 0.319 e. The van der Waals surface area contributed by atoms with Crippen LogP contribution in [0.3, 0.4) is 0 Å². The van der Waals surface area contributed by atoms with Crippen LogP contribution in [-0.4, -0.2) is 12.6 Å². The average molecular weight is 261 g/mol. The Morgan fingerprint density at radius 3 is 2.79 bits per heavy atom. The van der Waals surface area contributed by atoms with Crippen molar-refractivity contribution in [3.05, 3.63) is 29.8 Å². The monoisotopic (exact) mass is 261 g/mol. The van der Waals surface area contributed by atoms with E-state index < -0.39 is 0 Å². The number of rotatable bonds is 4. The van der Waals surface area contributed by atoms with E-state index in [0.29, 0.717) is 11.3 Å². The Balaban J connectivity index is 1.83. The SMILES string of the molecule is CC(N)c1cccc(NC(=O)NCC2CC2(C)C)c1. The number of amides is 2. The third-order valence-corrected chi connectivity index (χ3v) is 3.90. The lowest BCUT2D eigenvalue weighted by Crippen LogP contribution is -2.31. The zero-order valence-corrected chi connectivity index (χ0v) is 11.9. The van der Waals surface area contributed by atoms with Gasteiger partial charge in [-0.1, -0.05) is 26.0 Å². The van der Waals surface area contributed by atoms with Crippen molar-refractivity contribution >= 4 is 11.7 Å². The van der Waals surface area contributed by atoms with Crippen LogP contribution < -0.4 is 16.4 Å². The summed E-state index contributed by atoms with van der Waals surface area (Å²) in [4.78, 5) is 11.8. The molecule has 0 aliphatic heterocycles. The number of anilines is 1. The van der Waals surface area contributed by atoms with E-state index in [-0.39, 0.29) is 12.1 Å². The highest BCUT2D eigenvalue weighted by atomic mass is 16.2. The van der Waals surface area contributed by atoms with Crippen LogP contribution in [0.4, 0.5) is 10.5 Å². The Morgan fingerprint density at radius 1 is 1.53 bits per heavy atom. The van der Waals surface area contributed by atoms with Gasteiger partial charge in [0.05, 0.1) is 0 Å². The first kappa shape index (κ1) is 13.9. The average Bonchev–Trinajstić information content (AvgIpc) is 2.95. The summed E-state index contributed by atoms with van der Waals surface area (Å²) in [5, 5.41) is 5.76. The van der Waals surface area contributed by atoms with Gasteiger partial charge in [-0.3, -0.25) is 0 Å². The summed E-state index contributed by atoms with van der Waals surface area (Å²) in [6, 6.07) is 7.46. The minimum atomic E-state index is -0.149. The van der Waals surface area contributed by atoms with E-state index in [0.717, 1.165) is 17.8 Å². The minimum absolute atomic E-state index is 0.0305. The molecule has 2 unspecified atom stereocenters. The maximum atomic E-state index is 11.8. The minimum Gasteiger partial charge on any atom is -0.338 e. The van der Waals surface area contributed by atoms with Gasteiger partial charge < -0.3 is 16.4 Å². The Hall–Kier alpha value is -1.55. The summed E-state index contributed by atoms with van der Waals surface area (Å²) >= 11 is 0. The summed E-state index contributed by atoms with van der Waals surface area (Å²) < 4.78 is 0. The van der Waals surface area contributed by atoms with E-state index in [4.69, 9.17) is 5.73 Å². The van der Waals surface area contributed by atoms with Crippen LogP contribution in [-0.2, 0) is 0 Å². The number of benzene rings is 1. The fraction of sp³-hybridized carbons (Fsp3) is 0.533. The number of carbonyl (C=O) groups is 1. The second kappa shape index (κ2) is 5.21. The van der Waals surface area contributed by atoms with Crippen molar-refractivity contribution < 1.29 is 4.79 Å². The van der Waals surface area contributed by atoms with E-state index in [9.17, 15) is 4.79 Å². The summed E-state index contributed by atoms with van der Waals surface area (Å²) in [5.41, 5.74) is 8.01. The first-order valence-electron chi connectivity index (χ1n) is 6.79. The lowest BCUT2D eigenvalue weighted by atomic mass is 10.1. The van der Waals surface area contributed by atoms with Crippen molar-refractivity contribution in [2.45, 2.75) is 33.2 Å². The van der Waals surface area contributed by atoms with Crippen LogP contribution in [0.2, 0.25) is 0 Å². The second-order valence-corrected chi connectivity index (χ2v) is 6.14. The Labute approximate surface area is 114 Å². The largest absolute Gasteiger partial charge is 0.338 e. The summed E-state index contributed by atoms with van der Waals surface area (Å²) in [7, 11) is 0. The van der Waals surface area contributed by atoms with Gasteiger partial charge >= 0.3 is 6.03 Å². The highest BCUT2D eigenvalue weighted by molar-refractivity contribution is 5.89. The van der Waals surface area contributed by atoms with Gasteiger partial charge in [0.1, 0.15) is 0 Å². The first-order valence-corrected chi connectivity index (χ1v) is 6.79. The van der Waals surface area contributed by atoms with Gasteiger partial charge in [0.25, 0.3) is 0 Å². The molecule has 19 heavy (non-hydrogen) atoms. The summed E-state index contributed by atoms with van der Waals surface area (Å²) in [6.07, 6.45) is 1.19. The molecular weight excluding hydrogens is 238 g/mol. The van der Waals surface area contributed by atoms with Gasteiger partial charge in [0.2, 0.25) is 0 Å². The molecule has 0 heterocycles. The second-order valence-electron chi connectivity index (χ2n) is 6.14. The van der Waals surface area contributed by atoms with E-state index >= 15 is 0 Å². The molecular formula is C15H23N3O. The Bertz CT molecular complexity index is 468. The number of hydrogen-bond donors (Lipinski definition) is 3. The standard InChI is InChI=1S/C15H23N3O/c1-10(16)11-5-4-6-13(7-11)18-14(19)17-9-12-8-15(12,2)3/h4-7,10,12H,8-9,16H2,1-3H3,(H2,17,18,19). The van der Waals surface area contributed by atoms with Crippen molar-refractivity contribution in [3.63, 3.8) is 0 Å². The van der Waals surface area contributed by atoms with Crippen molar-refractivity contribution in [3.8, 4) is 0 Å². The van der Waals surface area contributed by atoms with Gasteiger partial charge in [-0.2, -0.15) is 0 Å². The predicted octanol–water partition coefficient (Wildman–Crippen LogP) is 2.87.